The molecule has 2 amide bonds. The lowest BCUT2D eigenvalue weighted by atomic mass is 9.93. The molecule has 0 heterocycles. The molecule has 0 atom stereocenters. The number of rotatable bonds is 4. The van der Waals surface area contributed by atoms with Gasteiger partial charge in [0.05, 0.1) is 0 Å². The number of hydrogen-bond acceptors (Lipinski definition) is 1. The fourth-order valence-electron chi connectivity index (χ4n) is 2.04. The normalized spacial score (nSPS) is 15.1. The van der Waals surface area contributed by atoms with Gasteiger partial charge in [0.2, 0.25) is 0 Å². The summed E-state index contributed by atoms with van der Waals surface area (Å²) in [7, 11) is 0. The van der Waals surface area contributed by atoms with Crippen LogP contribution in [0, 0.1) is 0 Å². The van der Waals surface area contributed by atoms with Crippen LogP contribution in [0.1, 0.15) is 37.3 Å². The molecule has 1 fully saturated rings. The minimum absolute atomic E-state index is 0.0411. The Morgan fingerprint density at radius 1 is 1.29 bits per heavy atom. The van der Waals surface area contributed by atoms with E-state index < -0.39 is 0 Å². The second kappa shape index (κ2) is 5.71. The molecule has 3 heteroatoms. The van der Waals surface area contributed by atoms with Gasteiger partial charge in [-0.2, -0.15) is 0 Å². The van der Waals surface area contributed by atoms with E-state index in [-0.39, 0.29) is 6.03 Å². The summed E-state index contributed by atoms with van der Waals surface area (Å²) in [6, 6.07) is 8.59. The van der Waals surface area contributed by atoms with Gasteiger partial charge in [0.15, 0.2) is 0 Å². The van der Waals surface area contributed by atoms with Gasteiger partial charge in [0.1, 0.15) is 0 Å². The monoisotopic (exact) mass is 232 g/mol. The fourth-order valence-corrected chi connectivity index (χ4v) is 2.04. The van der Waals surface area contributed by atoms with E-state index in [2.05, 4.69) is 29.7 Å². The summed E-state index contributed by atoms with van der Waals surface area (Å²) >= 11 is 0. The standard InChI is InChI=1S/C14H20N2O/c1-2-11-6-3-4-7-12(11)10-15-14(17)16-13-8-5-9-13/h3-4,6-7,13H,2,5,8-10H2,1H3,(H2,15,16,17). The molecule has 0 aromatic heterocycles. The van der Waals surface area contributed by atoms with Gasteiger partial charge in [-0.25, -0.2) is 4.79 Å². The second-order valence-corrected chi connectivity index (χ2v) is 4.58. The van der Waals surface area contributed by atoms with Gasteiger partial charge in [0, 0.05) is 12.6 Å². The average molecular weight is 232 g/mol. The van der Waals surface area contributed by atoms with Crippen LogP contribution >= 0.6 is 0 Å². The van der Waals surface area contributed by atoms with Gasteiger partial charge in [0.25, 0.3) is 0 Å². The number of urea groups is 1. The van der Waals surface area contributed by atoms with Crippen molar-refractivity contribution in [1.29, 1.82) is 0 Å². The van der Waals surface area contributed by atoms with Crippen LogP contribution in [-0.2, 0) is 13.0 Å². The van der Waals surface area contributed by atoms with Crippen LogP contribution in [0.3, 0.4) is 0 Å². The summed E-state index contributed by atoms with van der Waals surface area (Å²) in [5.74, 6) is 0. The molecular weight excluding hydrogens is 212 g/mol. The molecule has 0 radical (unpaired) electrons. The lowest BCUT2D eigenvalue weighted by Gasteiger charge is -2.26. The number of benzene rings is 1. The second-order valence-electron chi connectivity index (χ2n) is 4.58. The van der Waals surface area contributed by atoms with E-state index in [1.54, 1.807) is 0 Å². The first-order valence-corrected chi connectivity index (χ1v) is 6.40. The van der Waals surface area contributed by atoms with Crippen LogP contribution in [0.4, 0.5) is 4.79 Å². The van der Waals surface area contributed by atoms with Crippen molar-refractivity contribution in [3.63, 3.8) is 0 Å². The SMILES string of the molecule is CCc1ccccc1CNC(=O)NC1CCC1. The average Bonchev–Trinajstić information content (AvgIpc) is 2.31. The van der Waals surface area contributed by atoms with Crippen LogP contribution in [-0.4, -0.2) is 12.1 Å². The van der Waals surface area contributed by atoms with Gasteiger partial charge >= 0.3 is 6.03 Å². The van der Waals surface area contributed by atoms with Crippen LogP contribution in [0.15, 0.2) is 24.3 Å². The lowest BCUT2D eigenvalue weighted by Crippen LogP contribution is -2.44. The van der Waals surface area contributed by atoms with Crippen molar-refractivity contribution in [3.8, 4) is 0 Å². The Bertz CT molecular complexity index is 386. The van der Waals surface area contributed by atoms with Crippen LogP contribution < -0.4 is 10.6 Å². The lowest BCUT2D eigenvalue weighted by molar-refractivity contribution is 0.228. The van der Waals surface area contributed by atoms with E-state index >= 15 is 0 Å². The maximum atomic E-state index is 11.6. The van der Waals surface area contributed by atoms with Crippen LogP contribution in [0.25, 0.3) is 0 Å². The summed E-state index contributed by atoms with van der Waals surface area (Å²) in [6.07, 6.45) is 4.49. The molecular formula is C14H20N2O. The van der Waals surface area contributed by atoms with Crippen molar-refractivity contribution in [2.75, 3.05) is 0 Å². The van der Waals surface area contributed by atoms with Gasteiger partial charge < -0.3 is 10.6 Å². The van der Waals surface area contributed by atoms with Crippen molar-refractivity contribution in [2.45, 2.75) is 45.2 Å². The molecule has 0 unspecified atom stereocenters. The van der Waals surface area contributed by atoms with Crippen molar-refractivity contribution in [1.82, 2.24) is 10.6 Å². The van der Waals surface area contributed by atoms with Gasteiger partial charge in [-0.15, -0.1) is 0 Å². The highest BCUT2D eigenvalue weighted by atomic mass is 16.2. The maximum absolute atomic E-state index is 11.6. The molecule has 1 aromatic carbocycles. The number of amides is 2. The zero-order chi connectivity index (χ0) is 12.1. The third-order valence-corrected chi connectivity index (χ3v) is 3.38. The molecule has 2 rings (SSSR count). The molecule has 17 heavy (non-hydrogen) atoms. The molecule has 1 saturated carbocycles. The number of carbonyl (C=O) groups excluding carboxylic acids is 1. The topological polar surface area (TPSA) is 41.1 Å². The van der Waals surface area contributed by atoms with Crippen LogP contribution in [0.5, 0.6) is 0 Å². The van der Waals surface area contributed by atoms with E-state index in [1.165, 1.54) is 17.5 Å². The Hall–Kier alpha value is -1.51. The third kappa shape index (κ3) is 3.22. The maximum Gasteiger partial charge on any atom is 0.315 e. The van der Waals surface area contributed by atoms with Crippen molar-refractivity contribution in [2.24, 2.45) is 0 Å². The first-order valence-electron chi connectivity index (χ1n) is 6.40. The zero-order valence-corrected chi connectivity index (χ0v) is 10.3. The Morgan fingerprint density at radius 3 is 2.59 bits per heavy atom. The smallest absolute Gasteiger partial charge is 0.315 e. The number of aryl methyl sites for hydroxylation is 1. The van der Waals surface area contributed by atoms with E-state index in [4.69, 9.17) is 0 Å². The molecule has 0 saturated heterocycles. The first-order chi connectivity index (χ1) is 8.29. The number of carbonyl (C=O) groups is 1. The highest BCUT2D eigenvalue weighted by Gasteiger charge is 2.18. The summed E-state index contributed by atoms with van der Waals surface area (Å²) in [6.45, 7) is 2.75. The van der Waals surface area contributed by atoms with Crippen LogP contribution in [0.2, 0.25) is 0 Å². The third-order valence-electron chi connectivity index (χ3n) is 3.38. The molecule has 92 valence electrons. The van der Waals surface area contributed by atoms with E-state index in [1.807, 2.05) is 12.1 Å². The quantitative estimate of drug-likeness (QED) is 0.823. The molecule has 1 aliphatic carbocycles. The Labute approximate surface area is 103 Å². The minimum atomic E-state index is -0.0411. The Balaban J connectivity index is 1.81. The van der Waals surface area contributed by atoms with Gasteiger partial charge in [-0.3, -0.25) is 0 Å². The number of hydrogen-bond donors (Lipinski definition) is 2. The highest BCUT2D eigenvalue weighted by Crippen LogP contribution is 2.17. The molecule has 0 spiro atoms. The van der Waals surface area contributed by atoms with Gasteiger partial charge in [-0.05, 0) is 36.8 Å². The summed E-state index contributed by atoms with van der Waals surface area (Å²) in [5, 5.41) is 5.90. The fraction of sp³-hybridized carbons (Fsp3) is 0.500. The summed E-state index contributed by atoms with van der Waals surface area (Å²) in [5.41, 5.74) is 2.51. The molecule has 1 aliphatic rings. The zero-order valence-electron chi connectivity index (χ0n) is 10.3. The van der Waals surface area contributed by atoms with E-state index in [9.17, 15) is 4.79 Å². The molecule has 0 bridgehead atoms. The summed E-state index contributed by atoms with van der Waals surface area (Å²) in [4.78, 5) is 11.6. The number of nitrogens with one attached hydrogen (secondary N) is 2. The van der Waals surface area contributed by atoms with E-state index in [0.29, 0.717) is 12.6 Å². The van der Waals surface area contributed by atoms with E-state index in [0.717, 1.165) is 19.3 Å². The molecule has 0 aliphatic heterocycles. The molecule has 2 N–H and O–H groups in total. The summed E-state index contributed by atoms with van der Waals surface area (Å²) < 4.78 is 0. The molecule has 1 aromatic rings. The highest BCUT2D eigenvalue weighted by molar-refractivity contribution is 5.74. The Morgan fingerprint density at radius 2 is 2.00 bits per heavy atom. The minimum Gasteiger partial charge on any atom is -0.335 e. The Kier molecular flexibility index (Phi) is 4.02. The first kappa shape index (κ1) is 12.0. The molecule has 3 nitrogen and oxygen atoms in total. The largest absolute Gasteiger partial charge is 0.335 e. The van der Waals surface area contributed by atoms with Crippen molar-refractivity contribution < 1.29 is 4.79 Å². The van der Waals surface area contributed by atoms with Gasteiger partial charge in [-0.1, -0.05) is 31.2 Å². The predicted molar refractivity (Wildman–Crippen MR) is 68.8 cm³/mol. The van der Waals surface area contributed by atoms with Crippen molar-refractivity contribution in [3.05, 3.63) is 35.4 Å². The predicted octanol–water partition coefficient (Wildman–Crippen LogP) is 2.60. The van der Waals surface area contributed by atoms with Crippen molar-refractivity contribution >= 4 is 6.03 Å².